The second-order valence-corrected chi connectivity index (χ2v) is 51.1. The predicted molar refractivity (Wildman–Crippen MR) is 588 cm³/mol. The molecule has 4 saturated heterocycles. The maximum atomic E-state index is 13.8. The SMILES string of the molecule is CC1CN(c2nc(C(C)(C)C)c(C3=CCC(C(=O)O)CC3)cc2C(=O)NS(=O)(=O)c2cccc(N)n2)C(C)(C)C1.CC1CN(c2nc(C(C)(C)C)c(C3=CCN(C)CC3)cc2C(=O)NS(=O)(=O)c2cccc(N)n2)C(C)(C)C1.CC1CN(c2ncc(-c3ccccc3)cc2C(=O)NS(=O)(=O)c2cccc(N)n2)C(C)(C)C1.CCN(CC)c1ccc(C)c(-c2ccc(C(=O)NS(=O)(=O)c3cccc(N)n3)c(N3CC(C)CC3(C)C)n2)n1. The van der Waals surface area contributed by atoms with Gasteiger partial charge in [0.2, 0.25) is 0 Å². The number of likely N-dealkylation sites (N-methyl/N-ethyl adjacent to an activating group) is 1. The van der Waals surface area contributed by atoms with Gasteiger partial charge in [-0.15, -0.1) is 0 Å². The molecule has 5 atom stereocenters. The van der Waals surface area contributed by atoms with E-state index in [-0.39, 0.29) is 93.2 Å². The summed E-state index contributed by atoms with van der Waals surface area (Å²) in [6.45, 7) is 50.2. The number of carboxylic acid groups (broad SMARTS) is 1. The Morgan fingerprint density at radius 1 is 0.433 bits per heavy atom. The Labute approximate surface area is 881 Å². The second-order valence-electron chi connectivity index (χ2n) is 44.6. The molecule has 0 bridgehead atoms. The van der Waals surface area contributed by atoms with Gasteiger partial charge in [-0.1, -0.05) is 142 Å². The fourth-order valence-electron chi connectivity index (χ4n) is 20.9. The van der Waals surface area contributed by atoms with Crippen LogP contribution in [0.25, 0.3) is 33.7 Å². The molecule has 0 radical (unpaired) electrons. The molecule has 1 aromatic carbocycles. The molecule has 802 valence electrons. The molecule has 41 heteroatoms. The number of nitrogens with zero attached hydrogens (tertiary/aromatic N) is 15. The number of allylic oxidation sites excluding steroid dienone is 2. The summed E-state index contributed by atoms with van der Waals surface area (Å²) < 4.78 is 113. The van der Waals surface area contributed by atoms with Crippen molar-refractivity contribution in [2.75, 3.05) is 107 Å². The van der Waals surface area contributed by atoms with Gasteiger partial charge in [0.1, 0.15) is 52.4 Å². The van der Waals surface area contributed by atoms with Crippen molar-refractivity contribution < 1.29 is 62.8 Å². The van der Waals surface area contributed by atoms with Crippen molar-refractivity contribution in [2.24, 2.45) is 29.6 Å². The van der Waals surface area contributed by atoms with E-state index in [1.165, 1.54) is 72.8 Å². The predicted octanol–water partition coefficient (Wildman–Crippen LogP) is 15.7. The molecule has 0 spiro atoms. The molecule has 150 heavy (non-hydrogen) atoms. The number of rotatable bonds is 24. The van der Waals surface area contributed by atoms with E-state index in [1.54, 1.807) is 30.5 Å². The molecule has 13 N–H and O–H groups in total. The van der Waals surface area contributed by atoms with E-state index in [4.69, 9.17) is 42.9 Å². The zero-order valence-corrected chi connectivity index (χ0v) is 93.0. The smallest absolute Gasteiger partial charge is 0.306 e. The fraction of sp³-hybridized carbons (Fsp3) is 0.450. The first-order valence-electron chi connectivity index (χ1n) is 50.5. The monoisotopic (exact) mass is 2130 g/mol. The zero-order valence-electron chi connectivity index (χ0n) is 89.7. The van der Waals surface area contributed by atoms with E-state index in [1.807, 2.05) is 82.3 Å². The van der Waals surface area contributed by atoms with Crippen molar-refractivity contribution in [1.82, 2.24) is 68.6 Å². The summed E-state index contributed by atoms with van der Waals surface area (Å²) in [7, 11) is -15.0. The van der Waals surface area contributed by atoms with E-state index >= 15 is 0 Å². The zero-order chi connectivity index (χ0) is 110. The van der Waals surface area contributed by atoms with Gasteiger partial charge in [-0.2, -0.15) is 33.7 Å². The summed E-state index contributed by atoms with van der Waals surface area (Å²) in [5.41, 5.74) is 30.8. The minimum atomic E-state index is -4.32. The quantitative estimate of drug-likeness (QED) is 0.0271. The Morgan fingerprint density at radius 2 is 0.800 bits per heavy atom. The standard InChI is InChI=1S/C29H39N5O5S.C28H37N7O3S.C28H40N6O3S.C24H27N5O3S/c1-17-15-29(5,6)34(16-17)25-21(26(35)33-40(38,39)23-9-7-8-22(30)31-23)14-20(24(32-25)28(2,3)4)18-10-12-19(13-11-18)27(36)37;1-7-34(8-2)23-15-12-19(4)25(32-23)21-14-13-20(26(30-21)35-17-18(3)16-28(35,5)6)27(36)33-39(37,38)24-11-9-10-22(29)31-24;1-18-16-28(5,6)34(17-18)25-21(26(35)32-38(36,37)23-10-8-9-22(29)30-23)15-20(24(31-25)27(2,3)4)19-11-13-33(7)14-12-19;1-16-13-24(2,3)29(15-16)22-19(12-18(14-26-22)17-8-5-4-6-9-17)23(30)28-33(31,32)21-11-7-10-20(25)27-21/h7-10,14,17,19H,11-13,15-16H2,1-6H3,(H2,30,31)(H,33,35)(H,36,37);9-15,18H,7-8,16-17H2,1-6H3,(H2,29,31)(H,33,36);8-11,15,18H,12-14,16-17H2,1-7H3,(H2,29,30)(H,32,35);4-12,14,16H,13,15H2,1-3H3,(H2,25,27)(H,28,30). The van der Waals surface area contributed by atoms with Gasteiger partial charge in [0, 0.05) is 108 Å². The number of anilines is 9. The van der Waals surface area contributed by atoms with Crippen LogP contribution in [0.2, 0.25) is 0 Å². The number of nitrogens with two attached hydrogens (primary N) is 4. The molecule has 37 nitrogen and oxygen atoms in total. The fourth-order valence-corrected chi connectivity index (χ4v) is 24.6. The van der Waals surface area contributed by atoms with Gasteiger partial charge in [0.15, 0.2) is 20.1 Å². The van der Waals surface area contributed by atoms with Crippen molar-refractivity contribution in [3.8, 4) is 22.5 Å². The summed E-state index contributed by atoms with van der Waals surface area (Å²) in [4.78, 5) is 119. The van der Waals surface area contributed by atoms with Gasteiger partial charge >= 0.3 is 5.97 Å². The van der Waals surface area contributed by atoms with E-state index in [2.05, 4.69) is 204 Å². The van der Waals surface area contributed by atoms with Gasteiger partial charge in [0.05, 0.1) is 50.9 Å². The summed E-state index contributed by atoms with van der Waals surface area (Å²) in [6.07, 6.45) is 11.6. The Hall–Kier alpha value is -13.6. The number of pyridine rings is 9. The first-order valence-corrected chi connectivity index (χ1v) is 56.4. The van der Waals surface area contributed by atoms with Crippen molar-refractivity contribution in [3.63, 3.8) is 0 Å². The lowest BCUT2D eigenvalue weighted by Gasteiger charge is -2.36. The normalized spacial score (nSPS) is 19.0. The average Bonchev–Trinajstić information content (AvgIpc) is 0.841. The lowest BCUT2D eigenvalue weighted by Crippen LogP contribution is -2.41. The molecule has 10 aromatic rings. The van der Waals surface area contributed by atoms with Gasteiger partial charge in [0.25, 0.3) is 63.7 Å². The Balaban J connectivity index is 0.000000167. The summed E-state index contributed by atoms with van der Waals surface area (Å²) in [5, 5.41) is 8.16. The topological polar surface area (TPSA) is 530 Å². The Morgan fingerprint density at radius 3 is 1.13 bits per heavy atom. The largest absolute Gasteiger partial charge is 0.481 e. The second kappa shape index (κ2) is 44.5. The molecular formula is C109H143N23O14S4. The molecule has 5 aliphatic heterocycles. The van der Waals surface area contributed by atoms with E-state index < -0.39 is 81.0 Å². The molecule has 4 fully saturated rings. The van der Waals surface area contributed by atoms with Gasteiger partial charge in [-0.25, -0.2) is 63.7 Å². The third-order valence-corrected chi connectivity index (χ3v) is 32.8. The van der Waals surface area contributed by atoms with E-state index in [9.17, 15) is 62.8 Å². The highest BCUT2D eigenvalue weighted by Gasteiger charge is 2.46. The molecular weight excluding hydrogens is 1980 g/mol. The van der Waals surface area contributed by atoms with Crippen molar-refractivity contribution in [1.29, 1.82) is 0 Å². The minimum absolute atomic E-state index is 0.0196. The molecule has 6 aliphatic rings. The molecule has 0 saturated carbocycles. The molecule has 1 aliphatic carbocycles. The lowest BCUT2D eigenvalue weighted by atomic mass is 9.80. The summed E-state index contributed by atoms with van der Waals surface area (Å²) in [5.74, 6) is -0.0410. The highest BCUT2D eigenvalue weighted by molar-refractivity contribution is 7.91. The molecule has 16 rings (SSSR count). The number of benzene rings is 1. The highest BCUT2D eigenvalue weighted by Crippen LogP contribution is 2.47. The highest BCUT2D eigenvalue weighted by atomic mass is 32.2. The number of carboxylic acids is 1. The van der Waals surface area contributed by atoms with Crippen molar-refractivity contribution >= 4 is 133 Å². The van der Waals surface area contributed by atoms with Crippen LogP contribution in [0, 0.1) is 36.5 Å². The van der Waals surface area contributed by atoms with Crippen LogP contribution in [0.1, 0.15) is 259 Å². The van der Waals surface area contributed by atoms with Gasteiger partial charge < -0.3 is 57.4 Å². The number of aliphatic carboxylic acids is 1. The number of carbonyl (C=O) groups is 5. The van der Waals surface area contributed by atoms with Crippen LogP contribution in [-0.2, 0) is 55.7 Å². The Kier molecular flexibility index (Phi) is 33.7. The maximum absolute atomic E-state index is 13.8. The van der Waals surface area contributed by atoms with Crippen molar-refractivity contribution in [3.05, 3.63) is 214 Å². The third-order valence-electron chi connectivity index (χ3n) is 27.8. The lowest BCUT2D eigenvalue weighted by molar-refractivity contribution is -0.141. The number of sulfonamides is 4. The molecule has 9 aromatic heterocycles. The number of nitrogens with one attached hydrogen (secondary N) is 4. The van der Waals surface area contributed by atoms with Crippen LogP contribution < -0.4 is 66.3 Å². The van der Waals surface area contributed by atoms with Crippen LogP contribution in [0.3, 0.4) is 0 Å². The first kappa shape index (κ1) is 114. The molecule has 4 amide bonds. The minimum Gasteiger partial charge on any atom is -0.481 e. The number of aromatic nitrogens is 9. The summed E-state index contributed by atoms with van der Waals surface area (Å²) in [6, 6.07) is 39.1. The van der Waals surface area contributed by atoms with Crippen LogP contribution in [0.5, 0.6) is 0 Å². The molecule has 14 heterocycles. The Bertz CT molecular complexity index is 7350. The first-order chi connectivity index (χ1) is 70.0. The van der Waals surface area contributed by atoms with Crippen molar-refractivity contribution in [2.45, 2.75) is 250 Å². The summed E-state index contributed by atoms with van der Waals surface area (Å²) >= 11 is 0. The van der Waals surface area contributed by atoms with Crippen LogP contribution >= 0.6 is 0 Å². The van der Waals surface area contributed by atoms with Gasteiger partial charge in [-0.3, -0.25) is 24.0 Å². The van der Waals surface area contributed by atoms with Crippen LogP contribution in [0.15, 0.2) is 184 Å². The number of hydrogen-bond donors (Lipinski definition) is 9. The van der Waals surface area contributed by atoms with E-state index in [0.29, 0.717) is 103 Å². The third kappa shape index (κ3) is 26.3. The number of nitrogen functional groups attached to an aromatic ring is 4. The van der Waals surface area contributed by atoms with Gasteiger partial charge in [-0.05, 0) is 265 Å². The van der Waals surface area contributed by atoms with E-state index in [0.717, 1.165) is 115 Å². The van der Waals surface area contributed by atoms with Crippen LogP contribution in [-0.4, -0.2) is 200 Å². The number of amides is 4. The van der Waals surface area contributed by atoms with Crippen LogP contribution in [0.4, 0.5) is 52.4 Å². The number of hydrogen-bond acceptors (Lipinski definition) is 32. The molecule has 5 unspecified atom stereocenters. The average molecular weight is 2130 g/mol. The number of carbonyl (C=O) groups excluding carboxylic acids is 4. The maximum Gasteiger partial charge on any atom is 0.306 e. The number of aryl methyl sites for hydroxylation is 1.